The zero-order valence-electron chi connectivity index (χ0n) is 15.3. The number of anilines is 1. The highest BCUT2D eigenvalue weighted by atomic mass is 16.6. The van der Waals surface area contributed by atoms with Crippen LogP contribution in [0.5, 0.6) is 5.75 Å². The van der Waals surface area contributed by atoms with E-state index in [0.29, 0.717) is 11.3 Å². The van der Waals surface area contributed by atoms with Crippen molar-refractivity contribution in [2.24, 2.45) is 0 Å². The number of fused-ring (bicyclic) bond motifs is 1. The van der Waals surface area contributed by atoms with Crippen molar-refractivity contribution in [2.45, 2.75) is 57.8 Å². The van der Waals surface area contributed by atoms with Crippen LogP contribution in [0.4, 0.5) is 11.4 Å². The molecule has 0 saturated carbocycles. The molecule has 0 aliphatic carbocycles. The number of carbonyl (C=O) groups is 1. The van der Waals surface area contributed by atoms with Crippen LogP contribution in [-0.4, -0.2) is 45.6 Å². The number of likely N-dealkylation sites (tertiary alicyclic amines) is 1. The summed E-state index contributed by atoms with van der Waals surface area (Å²) in [6.07, 6.45) is 2.46. The molecule has 3 rings (SSSR count). The van der Waals surface area contributed by atoms with Gasteiger partial charge in [0.1, 0.15) is 23.1 Å². The van der Waals surface area contributed by atoms with Crippen molar-refractivity contribution >= 4 is 17.3 Å². The number of carbonyl (C=O) groups excluding carboxylic acids is 1. The van der Waals surface area contributed by atoms with Gasteiger partial charge in [-0.05, 0) is 45.8 Å². The summed E-state index contributed by atoms with van der Waals surface area (Å²) in [5.41, 5.74) is -0.297. The first-order valence-electron chi connectivity index (χ1n) is 8.92. The Morgan fingerprint density at radius 1 is 1.35 bits per heavy atom. The lowest BCUT2D eigenvalue weighted by Gasteiger charge is -2.47. The Balaban J connectivity index is 2.13. The predicted molar refractivity (Wildman–Crippen MR) is 96.3 cm³/mol. The molecule has 1 amide bonds. The molecular weight excluding hydrogens is 338 g/mol. The van der Waals surface area contributed by atoms with Gasteiger partial charge in [-0.2, -0.15) is 0 Å². The average molecular weight is 363 g/mol. The summed E-state index contributed by atoms with van der Waals surface area (Å²) < 4.78 is 5.91. The van der Waals surface area contributed by atoms with E-state index in [0.717, 1.165) is 32.4 Å². The molecular formula is C18H25N3O5. The highest BCUT2D eigenvalue weighted by molar-refractivity contribution is 5.91. The number of aliphatic hydroxyl groups is 1. The minimum Gasteiger partial charge on any atom is -0.484 e. The smallest absolute Gasteiger partial charge is 0.296 e. The molecule has 2 atom stereocenters. The number of aliphatic hydroxyl groups excluding tert-OH is 1. The largest absolute Gasteiger partial charge is 0.484 e. The summed E-state index contributed by atoms with van der Waals surface area (Å²) in [6, 6.07) is 2.60. The first-order valence-corrected chi connectivity index (χ1v) is 8.92. The van der Waals surface area contributed by atoms with Crippen molar-refractivity contribution in [3.05, 3.63) is 27.8 Å². The summed E-state index contributed by atoms with van der Waals surface area (Å²) >= 11 is 0. The van der Waals surface area contributed by atoms with Crippen LogP contribution in [0.3, 0.4) is 0 Å². The Labute approximate surface area is 152 Å². The molecule has 1 fully saturated rings. The van der Waals surface area contributed by atoms with Crippen molar-refractivity contribution in [1.82, 2.24) is 4.90 Å². The van der Waals surface area contributed by atoms with Crippen LogP contribution < -0.4 is 10.1 Å². The molecule has 2 heterocycles. The predicted octanol–water partition coefficient (Wildman–Crippen LogP) is 2.61. The lowest BCUT2D eigenvalue weighted by Crippen LogP contribution is -2.54. The van der Waals surface area contributed by atoms with E-state index in [-0.39, 0.29) is 23.3 Å². The van der Waals surface area contributed by atoms with Crippen LogP contribution in [0.15, 0.2) is 12.1 Å². The molecule has 1 aromatic carbocycles. The molecule has 26 heavy (non-hydrogen) atoms. The Kier molecular flexibility index (Phi) is 4.90. The Bertz CT molecular complexity index is 728. The first-order chi connectivity index (χ1) is 12.2. The molecule has 1 aromatic rings. The SMILES string of the molecule is CC(=O)Nc1cc2c(cc1[N+](=O)[O-])OC(C)(C)[C@H](O)[C@H]2N1CCCCC1. The lowest BCUT2D eigenvalue weighted by atomic mass is 9.84. The summed E-state index contributed by atoms with van der Waals surface area (Å²) in [7, 11) is 0. The van der Waals surface area contributed by atoms with Crippen molar-refractivity contribution in [3.8, 4) is 5.75 Å². The van der Waals surface area contributed by atoms with Gasteiger partial charge >= 0.3 is 0 Å². The number of nitro groups is 1. The second-order valence-corrected chi connectivity index (χ2v) is 7.54. The molecule has 8 nitrogen and oxygen atoms in total. The number of benzene rings is 1. The fraction of sp³-hybridized carbons (Fsp3) is 0.611. The summed E-state index contributed by atoms with van der Waals surface area (Å²) in [4.78, 5) is 24.6. The molecule has 2 N–H and O–H groups in total. The normalized spacial score (nSPS) is 25.1. The quantitative estimate of drug-likeness (QED) is 0.632. The van der Waals surface area contributed by atoms with Crippen LogP contribution in [-0.2, 0) is 4.79 Å². The van der Waals surface area contributed by atoms with Gasteiger partial charge in [-0.25, -0.2) is 0 Å². The van der Waals surface area contributed by atoms with Crippen molar-refractivity contribution in [2.75, 3.05) is 18.4 Å². The van der Waals surface area contributed by atoms with E-state index in [2.05, 4.69) is 10.2 Å². The molecule has 142 valence electrons. The second kappa shape index (κ2) is 6.85. The minimum atomic E-state index is -0.876. The maximum Gasteiger partial charge on any atom is 0.296 e. The van der Waals surface area contributed by atoms with Gasteiger partial charge in [-0.1, -0.05) is 6.42 Å². The third-order valence-corrected chi connectivity index (χ3v) is 5.12. The van der Waals surface area contributed by atoms with E-state index in [1.165, 1.54) is 13.0 Å². The number of hydrogen-bond acceptors (Lipinski definition) is 6. The summed E-state index contributed by atoms with van der Waals surface area (Å²) in [5, 5.41) is 24.9. The van der Waals surface area contributed by atoms with Crippen LogP contribution in [0, 0.1) is 10.1 Å². The first kappa shape index (κ1) is 18.6. The van der Waals surface area contributed by atoms with E-state index in [1.807, 2.05) is 0 Å². The summed E-state index contributed by atoms with van der Waals surface area (Å²) in [6.45, 7) is 6.57. The number of nitro benzene ring substituents is 1. The van der Waals surface area contributed by atoms with Crippen LogP contribution in [0.25, 0.3) is 0 Å². The van der Waals surface area contributed by atoms with Gasteiger partial charge < -0.3 is 15.2 Å². The standard InChI is InChI=1S/C18H25N3O5/c1-11(22)19-13-9-12-15(10-14(13)21(24)25)26-18(2,3)17(23)16(12)20-7-5-4-6-8-20/h9-10,16-17,23H,4-8H2,1-3H3,(H,19,22)/t16-,17+/m0/s1. The number of rotatable bonds is 3. The van der Waals surface area contributed by atoms with Gasteiger partial charge in [0.15, 0.2) is 0 Å². The van der Waals surface area contributed by atoms with E-state index in [1.54, 1.807) is 19.9 Å². The molecule has 8 heteroatoms. The highest BCUT2D eigenvalue weighted by Crippen LogP contribution is 2.47. The number of nitrogens with zero attached hydrogens (tertiary/aromatic N) is 2. The van der Waals surface area contributed by atoms with E-state index >= 15 is 0 Å². The van der Waals surface area contributed by atoms with Crippen molar-refractivity contribution in [1.29, 1.82) is 0 Å². The third kappa shape index (κ3) is 3.39. The maximum atomic E-state index is 11.5. The minimum absolute atomic E-state index is 0.124. The molecule has 0 spiro atoms. The van der Waals surface area contributed by atoms with E-state index < -0.39 is 16.6 Å². The Morgan fingerprint density at radius 3 is 2.58 bits per heavy atom. The van der Waals surface area contributed by atoms with Crippen molar-refractivity contribution in [3.63, 3.8) is 0 Å². The van der Waals surface area contributed by atoms with Crippen LogP contribution in [0.2, 0.25) is 0 Å². The third-order valence-electron chi connectivity index (χ3n) is 5.12. The second-order valence-electron chi connectivity index (χ2n) is 7.54. The molecule has 2 aliphatic heterocycles. The van der Waals surface area contributed by atoms with E-state index in [9.17, 15) is 20.0 Å². The Morgan fingerprint density at radius 2 is 2.00 bits per heavy atom. The lowest BCUT2D eigenvalue weighted by molar-refractivity contribution is -0.384. The zero-order chi connectivity index (χ0) is 19.1. The van der Waals surface area contributed by atoms with Crippen LogP contribution in [0.1, 0.15) is 51.6 Å². The molecule has 0 aromatic heterocycles. The molecule has 1 saturated heterocycles. The molecule has 0 bridgehead atoms. The van der Waals surface area contributed by atoms with Crippen molar-refractivity contribution < 1.29 is 19.6 Å². The van der Waals surface area contributed by atoms with Gasteiger partial charge in [0.2, 0.25) is 5.91 Å². The molecule has 0 radical (unpaired) electrons. The summed E-state index contributed by atoms with van der Waals surface area (Å²) in [5.74, 6) is -0.00291. The van der Waals surface area contributed by atoms with Gasteiger partial charge in [-0.3, -0.25) is 19.8 Å². The monoisotopic (exact) mass is 363 g/mol. The van der Waals surface area contributed by atoms with Gasteiger partial charge in [0.25, 0.3) is 5.69 Å². The number of ether oxygens (including phenoxy) is 1. The van der Waals surface area contributed by atoms with Gasteiger partial charge in [0.05, 0.1) is 17.0 Å². The average Bonchev–Trinajstić information content (AvgIpc) is 2.56. The highest BCUT2D eigenvalue weighted by Gasteiger charge is 2.46. The van der Waals surface area contributed by atoms with Gasteiger partial charge in [0, 0.05) is 12.5 Å². The molecule has 0 unspecified atom stereocenters. The number of hydrogen-bond donors (Lipinski definition) is 2. The topological polar surface area (TPSA) is 105 Å². The fourth-order valence-corrected chi connectivity index (χ4v) is 3.83. The maximum absolute atomic E-state index is 11.5. The van der Waals surface area contributed by atoms with Crippen LogP contribution >= 0.6 is 0 Å². The van der Waals surface area contributed by atoms with Gasteiger partial charge in [-0.15, -0.1) is 0 Å². The molecule has 2 aliphatic rings. The fourth-order valence-electron chi connectivity index (χ4n) is 3.83. The van der Waals surface area contributed by atoms with E-state index in [4.69, 9.17) is 4.74 Å². The number of piperidine rings is 1. The number of amides is 1. The zero-order valence-corrected chi connectivity index (χ0v) is 15.3. The number of nitrogens with one attached hydrogen (secondary N) is 1. The Hall–Kier alpha value is -2.19.